The summed E-state index contributed by atoms with van der Waals surface area (Å²) in [6.07, 6.45) is 13.6. The molecule has 60 heavy (non-hydrogen) atoms. The summed E-state index contributed by atoms with van der Waals surface area (Å²) in [6, 6.07) is 19.9. The van der Waals surface area contributed by atoms with Crippen molar-refractivity contribution in [3.05, 3.63) is 109 Å². The highest BCUT2D eigenvalue weighted by Gasteiger charge is 2.38. The molecular formula is C46H50N12O2. The first-order valence-corrected chi connectivity index (χ1v) is 21.0. The van der Waals surface area contributed by atoms with Crippen LogP contribution in [-0.4, -0.2) is 86.7 Å². The number of carbonyl (C=O) groups is 2. The quantitative estimate of drug-likeness (QED) is 0.0950. The van der Waals surface area contributed by atoms with E-state index in [0.717, 1.165) is 81.5 Å². The van der Waals surface area contributed by atoms with Gasteiger partial charge in [0.05, 0.1) is 41.2 Å². The van der Waals surface area contributed by atoms with Gasteiger partial charge in [-0.05, 0) is 89.8 Å². The summed E-state index contributed by atoms with van der Waals surface area (Å²) in [5, 5.41) is 8.81. The van der Waals surface area contributed by atoms with Crippen molar-refractivity contribution < 1.29 is 9.59 Å². The summed E-state index contributed by atoms with van der Waals surface area (Å²) in [7, 11) is 0. The summed E-state index contributed by atoms with van der Waals surface area (Å²) in [4.78, 5) is 65.7. The lowest BCUT2D eigenvalue weighted by Crippen LogP contribution is -2.45. The van der Waals surface area contributed by atoms with Gasteiger partial charge in [-0.2, -0.15) is 0 Å². The molecule has 2 aliphatic rings. The van der Waals surface area contributed by atoms with Gasteiger partial charge in [0.25, 0.3) is 0 Å². The first-order chi connectivity index (χ1) is 29.2. The second-order valence-corrected chi connectivity index (χ2v) is 16.6. The zero-order chi connectivity index (χ0) is 41.3. The van der Waals surface area contributed by atoms with Gasteiger partial charge in [0, 0.05) is 43.4 Å². The lowest BCUT2D eigenvalue weighted by molar-refractivity contribution is -0.134. The molecule has 2 fully saturated rings. The van der Waals surface area contributed by atoms with Crippen LogP contribution in [0.1, 0.15) is 77.1 Å². The van der Waals surface area contributed by atoms with Gasteiger partial charge in [0.15, 0.2) is 0 Å². The van der Waals surface area contributed by atoms with Crippen LogP contribution in [0.25, 0.3) is 44.2 Å². The Morgan fingerprint density at radius 1 is 0.667 bits per heavy atom. The van der Waals surface area contributed by atoms with E-state index in [4.69, 9.17) is 9.97 Å². The molecule has 4 N–H and O–H groups in total. The van der Waals surface area contributed by atoms with Gasteiger partial charge in [-0.3, -0.25) is 14.6 Å². The number of imidazole rings is 2. The number of hydrogen-bond acceptors (Lipinski definition) is 10. The Bertz CT molecular complexity index is 2620. The van der Waals surface area contributed by atoms with Crippen molar-refractivity contribution in [1.82, 2.24) is 49.7 Å². The first kappa shape index (κ1) is 38.8. The average molecular weight is 803 g/mol. The Balaban J connectivity index is 0.901. The highest BCUT2D eigenvalue weighted by Crippen LogP contribution is 2.36. The minimum atomic E-state index is -0.451. The van der Waals surface area contributed by atoms with E-state index in [1.54, 1.807) is 37.1 Å². The Morgan fingerprint density at radius 2 is 1.30 bits per heavy atom. The molecular weight excluding hydrogens is 753 g/mol. The number of nitrogens with zero attached hydrogens (tertiary/aromatic N) is 8. The van der Waals surface area contributed by atoms with Crippen LogP contribution in [0.2, 0.25) is 0 Å². The molecule has 0 spiro atoms. The van der Waals surface area contributed by atoms with Crippen molar-refractivity contribution in [2.75, 3.05) is 23.7 Å². The monoisotopic (exact) mass is 802 g/mol. The summed E-state index contributed by atoms with van der Waals surface area (Å²) in [5.74, 6) is 2.82. The highest BCUT2D eigenvalue weighted by atomic mass is 16.2. The molecule has 0 radical (unpaired) electrons. The van der Waals surface area contributed by atoms with E-state index in [-0.39, 0.29) is 35.7 Å². The van der Waals surface area contributed by atoms with Gasteiger partial charge >= 0.3 is 0 Å². The highest BCUT2D eigenvalue weighted by molar-refractivity contribution is 5.92. The number of aromatic amines is 2. The number of nitrogens with one attached hydrogen (secondary N) is 4. The van der Waals surface area contributed by atoms with Crippen LogP contribution < -0.4 is 10.6 Å². The van der Waals surface area contributed by atoms with E-state index in [2.05, 4.69) is 95.1 Å². The number of fused-ring (bicyclic) bond motifs is 2. The van der Waals surface area contributed by atoms with Gasteiger partial charge in [-0.25, -0.2) is 24.9 Å². The molecule has 14 nitrogen and oxygen atoms in total. The summed E-state index contributed by atoms with van der Waals surface area (Å²) in [6.45, 7) is 9.51. The maximum atomic E-state index is 14.0. The Kier molecular flexibility index (Phi) is 10.7. The third-order valence-corrected chi connectivity index (χ3v) is 11.9. The zero-order valence-corrected chi connectivity index (χ0v) is 34.3. The topological polar surface area (TPSA) is 174 Å². The van der Waals surface area contributed by atoms with E-state index in [0.29, 0.717) is 24.9 Å². The number of rotatable bonds is 12. The maximum Gasteiger partial charge on any atom is 0.246 e. The standard InChI is InChI=1S/C46H50N12O2/c1-27(2)40(55-39-26-47-18-19-48-39)44(59)57-20-5-8-37(57)42-51-25-36(54-42)33-13-12-29-22-30(10-11-31(29)23-33)32-14-15-34-35(24-32)53-43(52-34)38-9-6-21-58(38)45(60)41(28(3)4)56-46-49-16-7-17-50-46/h7,10-19,22-28,37-38,40-41H,5-6,8-9,20-21H2,1-4H3,(H,48,55)(H,51,54)(H,52,53)(H,49,50,56)/t37-,38-,40-,41-/m0/s1. The molecule has 3 aromatic carbocycles. The van der Waals surface area contributed by atoms with E-state index < -0.39 is 12.1 Å². The minimum Gasteiger partial charge on any atom is -0.357 e. The molecule has 0 saturated carbocycles. The van der Waals surface area contributed by atoms with Gasteiger partial charge in [0.2, 0.25) is 17.8 Å². The number of likely N-dealkylation sites (tertiary alicyclic amines) is 2. The number of benzene rings is 3. The number of carbonyl (C=O) groups excluding carboxylic acids is 2. The molecule has 14 heteroatoms. The second-order valence-electron chi connectivity index (χ2n) is 16.6. The Morgan fingerprint density at radius 3 is 1.98 bits per heavy atom. The Labute approximate surface area is 348 Å². The fourth-order valence-corrected chi connectivity index (χ4v) is 8.67. The van der Waals surface area contributed by atoms with Crippen LogP contribution in [0.3, 0.4) is 0 Å². The van der Waals surface area contributed by atoms with Crippen LogP contribution in [0.5, 0.6) is 0 Å². The SMILES string of the molecule is CC(C)[C@H](Nc1cnccn1)C(=O)N1CCC[C@H]1c1ncc(-c2ccc3cc(-c4ccc5nc([C@@H]6CCCN6C(=O)[C@@H](Nc6ncccn6)C(C)C)[nH]c5c4)ccc3c2)[nH]1. The van der Waals surface area contributed by atoms with Gasteiger partial charge in [-0.15, -0.1) is 0 Å². The molecule has 306 valence electrons. The fourth-order valence-electron chi connectivity index (χ4n) is 8.67. The van der Waals surface area contributed by atoms with E-state index in [9.17, 15) is 9.59 Å². The van der Waals surface area contributed by atoms with Crippen LogP contribution >= 0.6 is 0 Å². The minimum absolute atomic E-state index is 0.0319. The summed E-state index contributed by atoms with van der Waals surface area (Å²) >= 11 is 0. The summed E-state index contributed by atoms with van der Waals surface area (Å²) in [5.41, 5.74) is 5.94. The molecule has 2 saturated heterocycles. The van der Waals surface area contributed by atoms with Crippen LogP contribution in [0, 0.1) is 11.8 Å². The fraction of sp³-hybridized carbons (Fsp3) is 0.348. The number of H-pyrrole nitrogens is 2. The third kappa shape index (κ3) is 7.76. The number of hydrogen-bond donors (Lipinski definition) is 4. The predicted molar refractivity (Wildman–Crippen MR) is 233 cm³/mol. The van der Waals surface area contributed by atoms with Crippen molar-refractivity contribution in [2.24, 2.45) is 11.8 Å². The molecule has 2 aliphatic heterocycles. The van der Waals surface area contributed by atoms with Crippen molar-refractivity contribution >= 4 is 45.4 Å². The first-order valence-electron chi connectivity index (χ1n) is 21.0. The molecule has 4 atom stereocenters. The number of aromatic nitrogens is 8. The van der Waals surface area contributed by atoms with Gasteiger partial charge < -0.3 is 30.4 Å². The Hall–Kier alpha value is -6.70. The largest absolute Gasteiger partial charge is 0.357 e. The predicted octanol–water partition coefficient (Wildman–Crippen LogP) is 7.95. The lowest BCUT2D eigenvalue weighted by Gasteiger charge is -2.30. The number of amides is 2. The molecule has 0 unspecified atom stereocenters. The van der Waals surface area contributed by atoms with E-state index >= 15 is 0 Å². The molecule has 2 amide bonds. The van der Waals surface area contributed by atoms with Gasteiger partial charge in [-0.1, -0.05) is 58.0 Å². The maximum absolute atomic E-state index is 14.0. The second kappa shape index (κ2) is 16.5. The molecule has 6 heterocycles. The third-order valence-electron chi connectivity index (χ3n) is 11.9. The van der Waals surface area contributed by atoms with Crippen LogP contribution in [0.15, 0.2) is 97.8 Å². The van der Waals surface area contributed by atoms with Crippen molar-refractivity contribution in [1.29, 1.82) is 0 Å². The van der Waals surface area contributed by atoms with Crippen molar-refractivity contribution in [3.63, 3.8) is 0 Å². The van der Waals surface area contributed by atoms with Crippen LogP contribution in [0.4, 0.5) is 11.8 Å². The molecule has 0 aliphatic carbocycles. The molecule has 0 bridgehead atoms. The zero-order valence-electron chi connectivity index (χ0n) is 34.3. The van der Waals surface area contributed by atoms with E-state index in [1.807, 2.05) is 43.7 Å². The van der Waals surface area contributed by atoms with Crippen molar-refractivity contribution in [3.8, 4) is 22.4 Å². The van der Waals surface area contributed by atoms with Gasteiger partial charge in [0.1, 0.15) is 29.6 Å². The molecule has 4 aromatic heterocycles. The molecule has 7 aromatic rings. The van der Waals surface area contributed by atoms with E-state index in [1.165, 1.54) is 0 Å². The van der Waals surface area contributed by atoms with Crippen LogP contribution in [-0.2, 0) is 9.59 Å². The smallest absolute Gasteiger partial charge is 0.246 e. The van der Waals surface area contributed by atoms with Crippen molar-refractivity contribution in [2.45, 2.75) is 77.5 Å². The molecule has 9 rings (SSSR count). The normalized spacial score (nSPS) is 17.8. The average Bonchev–Trinajstić information content (AvgIpc) is 4.11. The summed E-state index contributed by atoms with van der Waals surface area (Å²) < 4.78 is 0. The number of anilines is 2. The lowest BCUT2D eigenvalue weighted by atomic mass is 9.99.